The zero-order valence-electron chi connectivity index (χ0n) is 11.4. The van der Waals surface area contributed by atoms with Crippen LogP contribution in [-0.4, -0.2) is 25.4 Å². The molecule has 0 amide bonds. The van der Waals surface area contributed by atoms with Crippen molar-refractivity contribution in [3.8, 4) is 11.5 Å². The van der Waals surface area contributed by atoms with Gasteiger partial charge in [0.25, 0.3) is 0 Å². The van der Waals surface area contributed by atoms with Crippen LogP contribution in [0.1, 0.15) is 15.9 Å². The number of pyridine rings is 1. The molecule has 0 spiro atoms. The van der Waals surface area contributed by atoms with Crippen LogP contribution in [-0.2, 0) is 6.61 Å². The first-order valence-electron chi connectivity index (χ1n) is 6.15. The monoisotopic (exact) mass is 272 g/mol. The zero-order valence-corrected chi connectivity index (χ0v) is 11.4. The van der Waals surface area contributed by atoms with E-state index in [4.69, 9.17) is 9.47 Å². The van der Waals surface area contributed by atoms with Gasteiger partial charge in [-0.25, -0.2) is 0 Å². The van der Waals surface area contributed by atoms with E-state index >= 15 is 0 Å². The van der Waals surface area contributed by atoms with Gasteiger partial charge in [0.2, 0.25) is 0 Å². The number of carbonyl (C=O) groups excluding carboxylic acids is 1. The highest BCUT2D eigenvalue weighted by Crippen LogP contribution is 2.24. The van der Waals surface area contributed by atoms with Crippen molar-refractivity contribution < 1.29 is 14.3 Å². The maximum atomic E-state index is 11.1. The summed E-state index contributed by atoms with van der Waals surface area (Å²) in [6.07, 6.45) is 3.88. The molecule has 0 aliphatic heterocycles. The summed E-state index contributed by atoms with van der Waals surface area (Å²) in [4.78, 5) is 15.2. The molecule has 2 rings (SSSR count). The minimum atomic E-state index is 0.361. The van der Waals surface area contributed by atoms with Gasteiger partial charge >= 0.3 is 0 Å². The summed E-state index contributed by atoms with van der Waals surface area (Å²) in [7, 11) is 3.36. The quantitative estimate of drug-likeness (QED) is 0.819. The SMILES string of the molecule is CNc1cncc(OCc2ccc(OC)cc2)c1C=O. The van der Waals surface area contributed by atoms with E-state index in [1.54, 1.807) is 20.4 Å². The maximum Gasteiger partial charge on any atom is 0.155 e. The van der Waals surface area contributed by atoms with Gasteiger partial charge in [-0.3, -0.25) is 9.78 Å². The minimum absolute atomic E-state index is 0.361. The minimum Gasteiger partial charge on any atom is -0.497 e. The van der Waals surface area contributed by atoms with E-state index < -0.39 is 0 Å². The number of rotatable bonds is 6. The van der Waals surface area contributed by atoms with E-state index in [0.717, 1.165) is 17.6 Å². The number of carbonyl (C=O) groups is 1. The van der Waals surface area contributed by atoms with Gasteiger partial charge in [0.1, 0.15) is 12.4 Å². The Morgan fingerprint density at radius 1 is 1.25 bits per heavy atom. The Morgan fingerprint density at radius 3 is 2.60 bits per heavy atom. The Kier molecular flexibility index (Phi) is 4.55. The highest BCUT2D eigenvalue weighted by molar-refractivity contribution is 5.87. The van der Waals surface area contributed by atoms with Gasteiger partial charge < -0.3 is 14.8 Å². The molecule has 5 nitrogen and oxygen atoms in total. The third-order valence-electron chi connectivity index (χ3n) is 2.89. The summed E-state index contributed by atoms with van der Waals surface area (Å²) in [5.41, 5.74) is 2.10. The van der Waals surface area contributed by atoms with Crippen molar-refractivity contribution in [3.05, 3.63) is 47.8 Å². The van der Waals surface area contributed by atoms with Crippen molar-refractivity contribution in [2.75, 3.05) is 19.5 Å². The molecule has 1 aromatic heterocycles. The van der Waals surface area contributed by atoms with E-state index in [9.17, 15) is 4.79 Å². The molecule has 2 aromatic rings. The molecule has 5 heteroatoms. The molecule has 1 N–H and O–H groups in total. The Morgan fingerprint density at radius 2 is 2.00 bits per heavy atom. The van der Waals surface area contributed by atoms with Crippen LogP contribution >= 0.6 is 0 Å². The molecule has 1 aromatic carbocycles. The summed E-state index contributed by atoms with van der Waals surface area (Å²) >= 11 is 0. The average molecular weight is 272 g/mol. The van der Waals surface area contributed by atoms with Crippen molar-refractivity contribution in [1.82, 2.24) is 4.98 Å². The Labute approximate surface area is 117 Å². The highest BCUT2D eigenvalue weighted by atomic mass is 16.5. The van der Waals surface area contributed by atoms with E-state index in [1.165, 1.54) is 6.20 Å². The lowest BCUT2D eigenvalue weighted by atomic mass is 10.2. The molecular formula is C15H16N2O3. The number of ether oxygens (including phenoxy) is 2. The number of benzene rings is 1. The van der Waals surface area contributed by atoms with Crippen LogP contribution in [0.4, 0.5) is 5.69 Å². The number of aldehydes is 1. The fourth-order valence-electron chi connectivity index (χ4n) is 1.77. The first-order valence-corrected chi connectivity index (χ1v) is 6.15. The number of hydrogen-bond donors (Lipinski definition) is 1. The fourth-order valence-corrected chi connectivity index (χ4v) is 1.77. The van der Waals surface area contributed by atoms with Crippen LogP contribution in [0.25, 0.3) is 0 Å². The predicted octanol–water partition coefficient (Wildman–Crippen LogP) is 2.52. The second kappa shape index (κ2) is 6.56. The summed E-state index contributed by atoms with van der Waals surface area (Å²) in [5.74, 6) is 1.25. The van der Waals surface area contributed by atoms with Crippen molar-refractivity contribution in [1.29, 1.82) is 0 Å². The topological polar surface area (TPSA) is 60.5 Å². The van der Waals surface area contributed by atoms with Gasteiger partial charge in [-0.1, -0.05) is 12.1 Å². The molecule has 0 fully saturated rings. The third kappa shape index (κ3) is 3.06. The Bertz CT molecular complexity index is 582. The molecule has 20 heavy (non-hydrogen) atoms. The normalized spacial score (nSPS) is 9.90. The first kappa shape index (κ1) is 13.9. The van der Waals surface area contributed by atoms with E-state index in [0.29, 0.717) is 23.6 Å². The van der Waals surface area contributed by atoms with Gasteiger partial charge in [-0.05, 0) is 17.7 Å². The number of nitrogens with zero attached hydrogens (tertiary/aromatic N) is 1. The van der Waals surface area contributed by atoms with Crippen molar-refractivity contribution in [2.24, 2.45) is 0 Å². The number of anilines is 1. The van der Waals surface area contributed by atoms with Crippen molar-refractivity contribution >= 4 is 12.0 Å². The van der Waals surface area contributed by atoms with Crippen molar-refractivity contribution in [3.63, 3.8) is 0 Å². The predicted molar refractivity (Wildman–Crippen MR) is 76.5 cm³/mol. The van der Waals surface area contributed by atoms with Crippen LogP contribution < -0.4 is 14.8 Å². The molecule has 0 radical (unpaired) electrons. The lowest BCUT2D eigenvalue weighted by Gasteiger charge is -2.11. The molecule has 1 heterocycles. The van der Waals surface area contributed by atoms with Gasteiger partial charge in [-0.15, -0.1) is 0 Å². The van der Waals surface area contributed by atoms with Crippen LogP contribution in [0.15, 0.2) is 36.7 Å². The number of aromatic nitrogens is 1. The maximum absolute atomic E-state index is 11.1. The van der Waals surface area contributed by atoms with Crippen molar-refractivity contribution in [2.45, 2.75) is 6.61 Å². The van der Waals surface area contributed by atoms with E-state index in [1.807, 2.05) is 24.3 Å². The summed E-state index contributed by atoms with van der Waals surface area (Å²) < 4.78 is 10.7. The van der Waals surface area contributed by atoms with Crippen LogP contribution in [0.2, 0.25) is 0 Å². The van der Waals surface area contributed by atoms with Crippen LogP contribution in [0.5, 0.6) is 11.5 Å². The van der Waals surface area contributed by atoms with Gasteiger partial charge in [0.15, 0.2) is 12.0 Å². The van der Waals surface area contributed by atoms with Crippen LogP contribution in [0, 0.1) is 0 Å². The molecule has 104 valence electrons. The van der Waals surface area contributed by atoms with Gasteiger partial charge in [-0.2, -0.15) is 0 Å². The largest absolute Gasteiger partial charge is 0.497 e. The molecule has 0 atom stereocenters. The molecule has 0 bridgehead atoms. The number of hydrogen-bond acceptors (Lipinski definition) is 5. The summed E-state index contributed by atoms with van der Waals surface area (Å²) in [5, 5.41) is 2.91. The number of nitrogens with one attached hydrogen (secondary N) is 1. The molecule has 0 aliphatic carbocycles. The second-order valence-electron chi connectivity index (χ2n) is 4.10. The fraction of sp³-hybridized carbons (Fsp3) is 0.200. The first-order chi connectivity index (χ1) is 9.78. The lowest BCUT2D eigenvalue weighted by Crippen LogP contribution is -2.02. The molecule has 0 aliphatic rings. The van der Waals surface area contributed by atoms with Gasteiger partial charge in [0, 0.05) is 7.05 Å². The highest BCUT2D eigenvalue weighted by Gasteiger charge is 2.08. The Hall–Kier alpha value is -2.56. The molecular weight excluding hydrogens is 256 g/mol. The number of methoxy groups -OCH3 is 1. The van der Waals surface area contributed by atoms with E-state index in [2.05, 4.69) is 10.3 Å². The lowest BCUT2D eigenvalue weighted by molar-refractivity contribution is 0.111. The standard InChI is InChI=1S/C15H16N2O3/c1-16-14-7-17-8-15(13(14)9-18)20-10-11-3-5-12(19-2)6-4-11/h3-9,16H,10H2,1-2H3. The summed E-state index contributed by atoms with van der Waals surface area (Å²) in [6, 6.07) is 7.55. The zero-order chi connectivity index (χ0) is 14.4. The molecule has 0 saturated heterocycles. The summed E-state index contributed by atoms with van der Waals surface area (Å²) in [6.45, 7) is 0.361. The van der Waals surface area contributed by atoms with E-state index in [-0.39, 0.29) is 0 Å². The third-order valence-corrected chi connectivity index (χ3v) is 2.89. The molecule has 0 saturated carbocycles. The Balaban J connectivity index is 2.12. The average Bonchev–Trinajstić information content (AvgIpc) is 2.52. The van der Waals surface area contributed by atoms with Crippen LogP contribution in [0.3, 0.4) is 0 Å². The second-order valence-corrected chi connectivity index (χ2v) is 4.10. The van der Waals surface area contributed by atoms with Gasteiger partial charge in [0.05, 0.1) is 30.8 Å². The molecule has 0 unspecified atom stereocenters. The smallest absolute Gasteiger partial charge is 0.155 e.